The number of rotatable bonds is 12. The van der Waals surface area contributed by atoms with Crippen LogP contribution in [0.1, 0.15) is 158 Å². The Morgan fingerprint density at radius 3 is 1.20 bits per heavy atom. The summed E-state index contributed by atoms with van der Waals surface area (Å²) < 4.78 is 33.7. The van der Waals surface area contributed by atoms with Crippen molar-refractivity contribution in [3.05, 3.63) is 131 Å². The van der Waals surface area contributed by atoms with E-state index < -0.39 is 33.4 Å². The Balaban J connectivity index is 0.000000146. The van der Waals surface area contributed by atoms with Crippen LogP contribution >= 0.6 is 17.0 Å². The van der Waals surface area contributed by atoms with Crippen molar-refractivity contribution >= 4 is 48.1 Å². The van der Waals surface area contributed by atoms with Gasteiger partial charge in [0.1, 0.15) is 0 Å². The molecule has 0 amide bonds. The van der Waals surface area contributed by atoms with E-state index in [0.29, 0.717) is 32.2 Å². The van der Waals surface area contributed by atoms with Gasteiger partial charge in [0.15, 0.2) is 0 Å². The summed E-state index contributed by atoms with van der Waals surface area (Å²) in [6.45, 7) is 11.0. The van der Waals surface area contributed by atoms with E-state index in [1.54, 1.807) is 17.7 Å². The van der Waals surface area contributed by atoms with Crippen LogP contribution in [0.2, 0.25) is 12.6 Å². The minimum atomic E-state index is -3.94. The predicted molar refractivity (Wildman–Crippen MR) is 295 cm³/mol. The van der Waals surface area contributed by atoms with Gasteiger partial charge in [0.25, 0.3) is 0 Å². The second-order valence-corrected chi connectivity index (χ2v) is 28.9. The summed E-state index contributed by atoms with van der Waals surface area (Å²) >= 11 is -0.826. The van der Waals surface area contributed by atoms with E-state index in [9.17, 15) is 13.2 Å². The van der Waals surface area contributed by atoms with Crippen LogP contribution in [-0.2, 0) is 33.7 Å². The molecule has 2 unspecified atom stereocenters. The molecule has 14 rings (SSSR count). The molecule has 0 spiro atoms. The Bertz CT molecular complexity index is 2410. The summed E-state index contributed by atoms with van der Waals surface area (Å²) in [6.07, 6.45) is 18.7. The zero-order valence-corrected chi connectivity index (χ0v) is 48.1. The van der Waals surface area contributed by atoms with Crippen molar-refractivity contribution in [3.8, 4) is 22.3 Å². The monoisotopic (exact) mass is 1090 g/mol. The van der Waals surface area contributed by atoms with Gasteiger partial charge >= 0.3 is 44.1 Å². The van der Waals surface area contributed by atoms with Crippen LogP contribution in [0.4, 0.5) is 13.2 Å². The van der Waals surface area contributed by atoms with Gasteiger partial charge in [-0.05, 0) is 183 Å². The van der Waals surface area contributed by atoms with Crippen molar-refractivity contribution in [1.82, 2.24) is 0 Å². The van der Waals surface area contributed by atoms with Crippen LogP contribution in [0.3, 0.4) is 0 Å². The van der Waals surface area contributed by atoms with E-state index in [4.69, 9.17) is 17.0 Å². The number of halogens is 5. The summed E-state index contributed by atoms with van der Waals surface area (Å²) in [6, 6.07) is 42.8. The molecular weight excluding hydrogens is 1020 g/mol. The van der Waals surface area contributed by atoms with Gasteiger partial charge in [0, 0.05) is 15.9 Å². The summed E-state index contributed by atoms with van der Waals surface area (Å²) in [5.74, 6) is 7.53. The molecule has 8 saturated carbocycles. The standard InChI is InChI=1S/2C30H35.C4H7F3Si.2ClH.Zr/c2*1-3-20(2)25-7-9-26(10-8-25)28-6-4-5-27-14-24(15-29(27)28)19-30-16-21-11-22(17-30)13-23(12-21)18-30;1-8-3-2-4(5,6)7;;;/h2*4-10,14-15,20-23H,3,11-13,16-19H2,1-2H3;2-3H2,1H3;2*1H;/q2*-1;;;;+4/p-2. The Morgan fingerprint density at radius 1 is 0.577 bits per heavy atom. The molecule has 2 atom stereocenters. The molecule has 6 aromatic carbocycles. The molecule has 0 aromatic heterocycles. The maximum absolute atomic E-state index is 11.2. The second kappa shape index (κ2) is 23.2. The van der Waals surface area contributed by atoms with Gasteiger partial charge in [-0.25, -0.2) is 0 Å². The van der Waals surface area contributed by atoms with Crippen molar-refractivity contribution in [2.75, 3.05) is 0 Å². The van der Waals surface area contributed by atoms with Crippen molar-refractivity contribution in [3.63, 3.8) is 0 Å². The molecule has 2 radical (unpaired) electrons. The maximum atomic E-state index is 11.2. The van der Waals surface area contributed by atoms with Crippen LogP contribution < -0.4 is 0 Å². The molecule has 0 N–H and O–H groups in total. The average Bonchev–Trinajstić information content (AvgIpc) is 3.95. The fraction of sp³-hybridized carbons (Fsp3) is 0.531. The van der Waals surface area contributed by atoms with Crippen LogP contribution in [0.25, 0.3) is 43.8 Å². The van der Waals surface area contributed by atoms with E-state index in [1.807, 2.05) is 0 Å². The third-order valence-corrected chi connectivity index (χ3v) is 19.3. The second-order valence-electron chi connectivity index (χ2n) is 23.9. The summed E-state index contributed by atoms with van der Waals surface area (Å²) in [4.78, 5) is 0. The molecule has 8 aliphatic carbocycles. The van der Waals surface area contributed by atoms with Crippen LogP contribution in [-0.4, -0.2) is 15.7 Å². The fourth-order valence-corrected chi connectivity index (χ4v) is 16.4. The van der Waals surface area contributed by atoms with Crippen molar-refractivity contribution in [1.29, 1.82) is 0 Å². The molecule has 8 aliphatic rings. The van der Waals surface area contributed by atoms with E-state index >= 15 is 0 Å². The van der Waals surface area contributed by atoms with Crippen molar-refractivity contribution in [2.45, 2.75) is 167 Å². The first-order chi connectivity index (χ1) is 34.2. The Morgan fingerprint density at radius 2 is 0.915 bits per heavy atom. The third-order valence-electron chi connectivity index (χ3n) is 18.6. The number of alkyl halides is 3. The minimum absolute atomic E-state index is 0.281. The first kappa shape index (κ1) is 53.4. The Kier molecular flexibility index (Phi) is 17.5. The molecule has 0 nitrogen and oxygen atoms in total. The van der Waals surface area contributed by atoms with Crippen LogP contribution in [0, 0.1) is 46.3 Å². The Labute approximate surface area is 446 Å². The Hall–Kier alpha value is -2.43. The zero-order valence-electron chi connectivity index (χ0n) is 43.1. The van der Waals surface area contributed by atoms with Gasteiger partial charge < -0.3 is 0 Å². The van der Waals surface area contributed by atoms with Gasteiger partial charge in [-0.15, -0.1) is 69.1 Å². The van der Waals surface area contributed by atoms with E-state index in [1.165, 1.54) is 158 Å². The van der Waals surface area contributed by atoms with Gasteiger partial charge in [0.2, 0.25) is 0 Å². The molecule has 0 saturated heterocycles. The normalized spacial score (nSPS) is 27.5. The summed E-state index contributed by atoms with van der Waals surface area (Å²) in [7, 11) is 10.3. The topological polar surface area (TPSA) is 0 Å². The molecule has 0 heterocycles. The number of hydrogen-bond donors (Lipinski definition) is 0. The fourth-order valence-electron chi connectivity index (χ4n) is 15.9. The quantitative estimate of drug-likeness (QED) is 0.0846. The van der Waals surface area contributed by atoms with E-state index in [-0.39, 0.29) is 6.04 Å². The average molecular weight is 1090 g/mol. The number of benzene rings is 4. The van der Waals surface area contributed by atoms with E-state index in [2.05, 4.69) is 137 Å². The summed E-state index contributed by atoms with van der Waals surface area (Å²) in [5, 5.41) is 5.76. The van der Waals surface area contributed by atoms with Gasteiger partial charge in [-0.2, -0.15) is 25.3 Å². The number of hydrogen-bond acceptors (Lipinski definition) is 0. The van der Waals surface area contributed by atoms with Crippen LogP contribution in [0.5, 0.6) is 0 Å². The number of fused-ring (bicyclic) bond motifs is 2. The molecule has 0 aliphatic heterocycles. The van der Waals surface area contributed by atoms with Crippen molar-refractivity contribution < 1.29 is 34.0 Å². The molecule has 8 bridgehead atoms. The summed E-state index contributed by atoms with van der Waals surface area (Å²) in [5.41, 5.74) is 12.9. The van der Waals surface area contributed by atoms with Gasteiger partial charge in [-0.3, -0.25) is 0 Å². The van der Waals surface area contributed by atoms with Crippen LogP contribution in [0.15, 0.2) is 109 Å². The zero-order chi connectivity index (χ0) is 49.9. The SMILES string of the molecule is CCC(C)c1ccc(-c2cccc3[cH-]c(CC45CC6CC(CC(C6)C4)C5)cc23)cc1.CCC(C)c1ccc(-c2cccc3[cH-]c(CC45CC6CC(CC(C6)C4)C5)cc23)cc1.C[Si]CCC(F)(F)F.[Cl][Zr+2][Cl]. The first-order valence-electron chi connectivity index (χ1n) is 27.4. The first-order valence-corrected chi connectivity index (χ1v) is 35.5. The van der Waals surface area contributed by atoms with Gasteiger partial charge in [-0.1, -0.05) is 112 Å². The molecule has 6 aromatic rings. The third kappa shape index (κ3) is 12.8. The van der Waals surface area contributed by atoms with Crippen molar-refractivity contribution in [2.24, 2.45) is 46.3 Å². The molecule has 8 fully saturated rings. The molecule has 7 heteroatoms. The van der Waals surface area contributed by atoms with Gasteiger partial charge in [0.05, 0.1) is 0 Å². The molecule has 376 valence electrons. The molecule has 71 heavy (non-hydrogen) atoms. The van der Waals surface area contributed by atoms with E-state index in [0.717, 1.165) is 35.5 Å². The molecular formula is C64H77Cl2F3SiZr. The predicted octanol–water partition coefficient (Wildman–Crippen LogP) is 20.5.